The van der Waals surface area contributed by atoms with Gasteiger partial charge < -0.3 is 9.84 Å². The molecular formula is C5H11ClO3. The van der Waals surface area contributed by atoms with E-state index in [4.69, 9.17) is 5.11 Å². The van der Waals surface area contributed by atoms with E-state index in [0.717, 1.165) is 0 Å². The highest BCUT2D eigenvalue weighted by molar-refractivity contribution is 5.85. The molecule has 0 spiro atoms. The number of rotatable bonds is 2. The zero-order valence-corrected chi connectivity index (χ0v) is 6.27. The highest BCUT2D eigenvalue weighted by Crippen LogP contribution is 1.91. The summed E-state index contributed by atoms with van der Waals surface area (Å²) < 4.78 is 4.22. The van der Waals surface area contributed by atoms with Crippen molar-refractivity contribution in [3.8, 4) is 0 Å². The standard InChI is InChI=1S/C5H10O3.ClH/c1-4(2)3-8-5(6)7;/h4H,3H2,1-2H3,(H,6,7);1H. The van der Waals surface area contributed by atoms with Crippen molar-refractivity contribution in [2.75, 3.05) is 6.61 Å². The van der Waals surface area contributed by atoms with Gasteiger partial charge in [-0.15, -0.1) is 12.4 Å². The van der Waals surface area contributed by atoms with Crippen LogP contribution in [0.3, 0.4) is 0 Å². The molecule has 0 aromatic carbocycles. The van der Waals surface area contributed by atoms with Gasteiger partial charge in [-0.2, -0.15) is 0 Å². The summed E-state index contributed by atoms with van der Waals surface area (Å²) in [5.74, 6) is 0.283. The number of carbonyl (C=O) groups is 1. The number of ether oxygens (including phenoxy) is 1. The largest absolute Gasteiger partial charge is 0.505 e. The van der Waals surface area contributed by atoms with Gasteiger partial charge in [-0.3, -0.25) is 0 Å². The first-order valence-corrected chi connectivity index (χ1v) is 2.48. The smallest absolute Gasteiger partial charge is 0.450 e. The molecule has 1 N–H and O–H groups in total. The second-order valence-electron chi connectivity index (χ2n) is 1.97. The van der Waals surface area contributed by atoms with Crippen molar-refractivity contribution in [2.24, 2.45) is 5.92 Å². The van der Waals surface area contributed by atoms with Crippen LogP contribution < -0.4 is 0 Å². The number of carboxylic acid groups (broad SMARTS) is 1. The Kier molecular flexibility index (Phi) is 7.19. The molecule has 0 atom stereocenters. The van der Waals surface area contributed by atoms with Gasteiger partial charge in [0, 0.05) is 0 Å². The molecule has 0 amide bonds. The van der Waals surface area contributed by atoms with Gasteiger partial charge in [-0.25, -0.2) is 4.79 Å². The van der Waals surface area contributed by atoms with E-state index in [1.165, 1.54) is 0 Å². The topological polar surface area (TPSA) is 46.5 Å². The molecule has 56 valence electrons. The Bertz CT molecular complexity index is 82.3. The van der Waals surface area contributed by atoms with E-state index in [1.807, 2.05) is 13.8 Å². The summed E-state index contributed by atoms with van der Waals surface area (Å²) >= 11 is 0. The highest BCUT2D eigenvalue weighted by Gasteiger charge is 1.97. The van der Waals surface area contributed by atoms with Crippen LogP contribution in [0.25, 0.3) is 0 Å². The Morgan fingerprint density at radius 1 is 1.67 bits per heavy atom. The number of hydrogen-bond donors (Lipinski definition) is 1. The first-order chi connectivity index (χ1) is 3.63. The maximum absolute atomic E-state index is 9.68. The minimum Gasteiger partial charge on any atom is -0.450 e. The molecule has 0 radical (unpaired) electrons. The third-order valence-corrected chi connectivity index (χ3v) is 0.540. The summed E-state index contributed by atoms with van der Waals surface area (Å²) in [6.45, 7) is 4.07. The van der Waals surface area contributed by atoms with Gasteiger partial charge in [0.25, 0.3) is 0 Å². The quantitative estimate of drug-likeness (QED) is 0.617. The Hall–Kier alpha value is -0.440. The van der Waals surface area contributed by atoms with Crippen molar-refractivity contribution in [1.29, 1.82) is 0 Å². The van der Waals surface area contributed by atoms with Gasteiger partial charge in [0.05, 0.1) is 6.61 Å². The van der Waals surface area contributed by atoms with Crippen LogP contribution in [0.1, 0.15) is 13.8 Å². The van der Waals surface area contributed by atoms with E-state index in [2.05, 4.69) is 4.74 Å². The lowest BCUT2D eigenvalue weighted by molar-refractivity contribution is 0.0814. The first kappa shape index (κ1) is 11.4. The lowest BCUT2D eigenvalue weighted by atomic mass is 10.2. The molecule has 0 rings (SSSR count). The van der Waals surface area contributed by atoms with E-state index >= 15 is 0 Å². The van der Waals surface area contributed by atoms with Crippen molar-refractivity contribution >= 4 is 18.6 Å². The summed E-state index contributed by atoms with van der Waals surface area (Å²) in [5.41, 5.74) is 0. The minimum absolute atomic E-state index is 0. The maximum atomic E-state index is 9.68. The molecule has 9 heavy (non-hydrogen) atoms. The Morgan fingerprint density at radius 2 is 2.11 bits per heavy atom. The molecule has 0 aliphatic carbocycles. The molecule has 0 aromatic heterocycles. The van der Waals surface area contributed by atoms with Gasteiger partial charge >= 0.3 is 6.16 Å². The molecule has 0 bridgehead atoms. The van der Waals surface area contributed by atoms with Gasteiger partial charge in [0.15, 0.2) is 0 Å². The molecular weight excluding hydrogens is 144 g/mol. The average molecular weight is 155 g/mol. The van der Waals surface area contributed by atoms with Crippen LogP contribution >= 0.6 is 12.4 Å². The second kappa shape index (κ2) is 5.69. The van der Waals surface area contributed by atoms with Crippen LogP contribution in [-0.2, 0) is 4.74 Å². The van der Waals surface area contributed by atoms with Crippen LogP contribution in [0, 0.1) is 5.92 Å². The van der Waals surface area contributed by atoms with Crippen molar-refractivity contribution in [2.45, 2.75) is 13.8 Å². The van der Waals surface area contributed by atoms with E-state index < -0.39 is 6.16 Å². The number of hydrogen-bond acceptors (Lipinski definition) is 2. The predicted molar refractivity (Wildman–Crippen MR) is 36.1 cm³/mol. The van der Waals surface area contributed by atoms with Crippen molar-refractivity contribution < 1.29 is 14.6 Å². The summed E-state index contributed by atoms with van der Waals surface area (Å²) in [5, 5.41) is 7.94. The van der Waals surface area contributed by atoms with Crippen LogP contribution in [0.15, 0.2) is 0 Å². The van der Waals surface area contributed by atoms with E-state index in [9.17, 15) is 4.79 Å². The summed E-state index contributed by atoms with van der Waals surface area (Å²) in [4.78, 5) is 9.68. The predicted octanol–water partition coefficient (Wildman–Crippen LogP) is 1.76. The van der Waals surface area contributed by atoms with Gasteiger partial charge in [0.1, 0.15) is 0 Å². The van der Waals surface area contributed by atoms with Crippen LogP contribution in [0.4, 0.5) is 4.79 Å². The Morgan fingerprint density at radius 3 is 2.22 bits per heavy atom. The molecule has 0 saturated heterocycles. The van der Waals surface area contributed by atoms with Crippen LogP contribution in [0.2, 0.25) is 0 Å². The summed E-state index contributed by atoms with van der Waals surface area (Å²) in [6.07, 6.45) is -1.20. The zero-order chi connectivity index (χ0) is 6.57. The highest BCUT2D eigenvalue weighted by atomic mass is 35.5. The fourth-order valence-electron chi connectivity index (χ4n) is 0.238. The molecule has 0 fully saturated rings. The molecule has 0 aromatic rings. The fraction of sp³-hybridized carbons (Fsp3) is 0.800. The van der Waals surface area contributed by atoms with E-state index in [0.29, 0.717) is 0 Å². The molecule has 4 heteroatoms. The zero-order valence-electron chi connectivity index (χ0n) is 5.46. The average Bonchev–Trinajstić information content (AvgIpc) is 1.61. The van der Waals surface area contributed by atoms with Gasteiger partial charge in [-0.1, -0.05) is 13.8 Å². The maximum Gasteiger partial charge on any atom is 0.505 e. The van der Waals surface area contributed by atoms with Crippen molar-refractivity contribution in [3.05, 3.63) is 0 Å². The monoisotopic (exact) mass is 154 g/mol. The molecule has 0 heterocycles. The third-order valence-electron chi connectivity index (χ3n) is 0.540. The SMILES string of the molecule is CC(C)COC(=O)O.Cl. The molecule has 3 nitrogen and oxygen atoms in total. The lowest BCUT2D eigenvalue weighted by Crippen LogP contribution is -2.06. The normalized spacial score (nSPS) is 8.33. The Labute approximate surface area is 60.4 Å². The molecule has 0 aliphatic heterocycles. The summed E-state index contributed by atoms with van der Waals surface area (Å²) in [6, 6.07) is 0. The molecule has 0 aliphatic rings. The second-order valence-corrected chi connectivity index (χ2v) is 1.97. The fourth-order valence-corrected chi connectivity index (χ4v) is 0.238. The third kappa shape index (κ3) is 11.2. The van der Waals surface area contributed by atoms with Crippen molar-refractivity contribution in [1.82, 2.24) is 0 Å². The van der Waals surface area contributed by atoms with Crippen LogP contribution in [0.5, 0.6) is 0 Å². The number of halogens is 1. The first-order valence-electron chi connectivity index (χ1n) is 2.48. The minimum atomic E-state index is -1.20. The van der Waals surface area contributed by atoms with E-state index in [-0.39, 0.29) is 24.9 Å². The lowest BCUT2D eigenvalue weighted by Gasteiger charge is -2.00. The van der Waals surface area contributed by atoms with Crippen LogP contribution in [-0.4, -0.2) is 17.9 Å². The van der Waals surface area contributed by atoms with Crippen molar-refractivity contribution in [3.63, 3.8) is 0 Å². The molecule has 0 saturated carbocycles. The van der Waals surface area contributed by atoms with E-state index in [1.54, 1.807) is 0 Å². The Balaban J connectivity index is 0. The van der Waals surface area contributed by atoms with Gasteiger partial charge in [-0.05, 0) is 5.92 Å². The van der Waals surface area contributed by atoms with Gasteiger partial charge in [0.2, 0.25) is 0 Å². The summed E-state index contributed by atoms with van der Waals surface area (Å²) in [7, 11) is 0. The molecule has 0 unspecified atom stereocenters.